The summed E-state index contributed by atoms with van der Waals surface area (Å²) in [5.41, 5.74) is -0.549. The van der Waals surface area contributed by atoms with Crippen molar-refractivity contribution in [2.45, 2.75) is 64.7 Å². The largest absolute Gasteiger partial charge is 0.416 e. The molecular formula is C21H27ClF3N5O. The van der Waals surface area contributed by atoms with Crippen molar-refractivity contribution in [3.63, 3.8) is 0 Å². The molecule has 1 amide bonds. The van der Waals surface area contributed by atoms with Crippen LogP contribution in [0, 0.1) is 5.92 Å². The van der Waals surface area contributed by atoms with Crippen molar-refractivity contribution in [1.29, 1.82) is 0 Å². The molecule has 0 saturated heterocycles. The summed E-state index contributed by atoms with van der Waals surface area (Å²) in [7, 11) is 0. The van der Waals surface area contributed by atoms with Crippen molar-refractivity contribution in [3.8, 4) is 0 Å². The number of alkyl halides is 3. The number of amides is 1. The average Bonchev–Trinajstić information content (AvgIpc) is 2.92. The predicted molar refractivity (Wildman–Crippen MR) is 113 cm³/mol. The van der Waals surface area contributed by atoms with Crippen molar-refractivity contribution in [3.05, 3.63) is 40.4 Å². The van der Waals surface area contributed by atoms with Crippen LogP contribution in [-0.4, -0.2) is 33.3 Å². The number of halogens is 4. The number of fused-ring (bicyclic) bond motifs is 1. The molecule has 0 spiro atoms. The SMILES string of the molecule is CC(C)[C@H](Nc1ccc(C(F)(F)F)cc1Cl)C(=O)NCCc1nnc2n1CCCCC2. The van der Waals surface area contributed by atoms with E-state index >= 15 is 0 Å². The molecule has 1 aromatic heterocycles. The third-order valence-electron chi connectivity index (χ3n) is 5.39. The molecule has 31 heavy (non-hydrogen) atoms. The molecule has 10 heteroatoms. The van der Waals surface area contributed by atoms with Gasteiger partial charge in [0.05, 0.1) is 16.3 Å². The van der Waals surface area contributed by atoms with Crippen LogP contribution in [0.2, 0.25) is 5.02 Å². The Morgan fingerprint density at radius 1 is 1.23 bits per heavy atom. The van der Waals surface area contributed by atoms with Gasteiger partial charge in [0.2, 0.25) is 5.91 Å². The second-order valence-corrected chi connectivity index (χ2v) is 8.50. The number of aryl methyl sites for hydroxylation is 1. The van der Waals surface area contributed by atoms with Gasteiger partial charge >= 0.3 is 6.18 Å². The molecule has 170 valence electrons. The number of benzene rings is 1. The highest BCUT2D eigenvalue weighted by Crippen LogP contribution is 2.34. The first-order valence-electron chi connectivity index (χ1n) is 10.5. The molecule has 2 aromatic rings. The third-order valence-corrected chi connectivity index (χ3v) is 5.70. The Labute approximate surface area is 184 Å². The van der Waals surface area contributed by atoms with E-state index in [0.29, 0.717) is 13.0 Å². The molecule has 1 aliphatic rings. The molecule has 1 aliphatic heterocycles. The van der Waals surface area contributed by atoms with Crippen LogP contribution in [0.1, 0.15) is 50.3 Å². The van der Waals surface area contributed by atoms with Crippen LogP contribution in [-0.2, 0) is 30.4 Å². The van der Waals surface area contributed by atoms with Crippen LogP contribution >= 0.6 is 11.6 Å². The van der Waals surface area contributed by atoms with Gasteiger partial charge in [-0.25, -0.2) is 0 Å². The number of nitrogens with zero attached hydrogens (tertiary/aromatic N) is 3. The van der Waals surface area contributed by atoms with Crippen molar-refractivity contribution in [1.82, 2.24) is 20.1 Å². The number of carbonyl (C=O) groups is 1. The van der Waals surface area contributed by atoms with Gasteiger partial charge in [0.15, 0.2) is 0 Å². The summed E-state index contributed by atoms with van der Waals surface area (Å²) in [6.07, 6.45) is 0.391. The van der Waals surface area contributed by atoms with Gasteiger partial charge in [0.25, 0.3) is 0 Å². The maximum atomic E-state index is 12.8. The zero-order valence-electron chi connectivity index (χ0n) is 17.6. The number of hydrogen-bond donors (Lipinski definition) is 2. The fourth-order valence-corrected chi connectivity index (χ4v) is 3.88. The van der Waals surface area contributed by atoms with E-state index in [9.17, 15) is 18.0 Å². The van der Waals surface area contributed by atoms with E-state index in [1.807, 2.05) is 13.8 Å². The first-order valence-corrected chi connectivity index (χ1v) is 10.9. The molecular weight excluding hydrogens is 431 g/mol. The van der Waals surface area contributed by atoms with Crippen molar-refractivity contribution < 1.29 is 18.0 Å². The van der Waals surface area contributed by atoms with Crippen LogP contribution in [0.5, 0.6) is 0 Å². The van der Waals surface area contributed by atoms with E-state index in [2.05, 4.69) is 25.4 Å². The van der Waals surface area contributed by atoms with Crippen molar-refractivity contribution in [2.75, 3.05) is 11.9 Å². The van der Waals surface area contributed by atoms with Crippen LogP contribution in [0.4, 0.5) is 18.9 Å². The molecule has 0 fully saturated rings. The van der Waals surface area contributed by atoms with Gasteiger partial charge in [-0.05, 0) is 37.0 Å². The Bertz CT molecular complexity index is 913. The highest BCUT2D eigenvalue weighted by molar-refractivity contribution is 6.33. The Hall–Kier alpha value is -2.29. The summed E-state index contributed by atoms with van der Waals surface area (Å²) >= 11 is 6.03. The molecule has 2 N–H and O–H groups in total. The molecule has 0 bridgehead atoms. The fraction of sp³-hybridized carbons (Fsp3) is 0.571. The molecule has 0 radical (unpaired) electrons. The maximum absolute atomic E-state index is 12.8. The number of hydrogen-bond acceptors (Lipinski definition) is 4. The lowest BCUT2D eigenvalue weighted by Gasteiger charge is -2.23. The summed E-state index contributed by atoms with van der Waals surface area (Å²) in [6, 6.07) is 2.40. The normalized spacial score (nSPS) is 15.3. The Morgan fingerprint density at radius 2 is 2.00 bits per heavy atom. The van der Waals surface area contributed by atoms with Gasteiger partial charge in [0, 0.05) is 25.9 Å². The van der Waals surface area contributed by atoms with Crippen molar-refractivity contribution >= 4 is 23.2 Å². The Balaban J connectivity index is 1.61. The minimum absolute atomic E-state index is 0.0839. The lowest BCUT2D eigenvalue weighted by molar-refractivity contribution is -0.137. The zero-order valence-corrected chi connectivity index (χ0v) is 18.4. The molecule has 6 nitrogen and oxygen atoms in total. The van der Waals surface area contributed by atoms with Crippen LogP contribution in [0.25, 0.3) is 0 Å². The second-order valence-electron chi connectivity index (χ2n) is 8.09. The average molecular weight is 458 g/mol. The van der Waals surface area contributed by atoms with E-state index in [1.54, 1.807) is 0 Å². The molecule has 0 aliphatic carbocycles. The van der Waals surface area contributed by atoms with E-state index in [4.69, 9.17) is 11.6 Å². The van der Waals surface area contributed by atoms with Crippen LogP contribution in [0.3, 0.4) is 0 Å². The Kier molecular flexibility index (Phi) is 7.46. The molecule has 0 unspecified atom stereocenters. The summed E-state index contributed by atoms with van der Waals surface area (Å²) in [6.45, 7) is 5.00. The van der Waals surface area contributed by atoms with E-state index < -0.39 is 17.8 Å². The third kappa shape index (κ3) is 5.90. The number of anilines is 1. The highest BCUT2D eigenvalue weighted by Gasteiger charge is 2.31. The quantitative estimate of drug-likeness (QED) is 0.643. The topological polar surface area (TPSA) is 71.8 Å². The van der Waals surface area contributed by atoms with E-state index in [1.165, 1.54) is 12.5 Å². The van der Waals surface area contributed by atoms with Crippen molar-refractivity contribution in [2.24, 2.45) is 5.92 Å². The fourth-order valence-electron chi connectivity index (χ4n) is 3.65. The number of nitrogens with one attached hydrogen (secondary N) is 2. The van der Waals surface area contributed by atoms with Gasteiger partial charge in [-0.3, -0.25) is 4.79 Å². The minimum atomic E-state index is -4.48. The number of aromatic nitrogens is 3. The zero-order chi connectivity index (χ0) is 22.6. The predicted octanol–water partition coefficient (Wildman–Crippen LogP) is 4.47. The maximum Gasteiger partial charge on any atom is 0.416 e. The van der Waals surface area contributed by atoms with E-state index in [-0.39, 0.29) is 22.5 Å². The van der Waals surface area contributed by atoms with Gasteiger partial charge in [-0.15, -0.1) is 10.2 Å². The first kappa shape index (κ1) is 23.4. The van der Waals surface area contributed by atoms with Crippen LogP contribution < -0.4 is 10.6 Å². The standard InChI is InChI=1S/C21H27ClF3N5O/c1-13(2)19(27-16-8-7-14(12-15(16)22)21(23,24)25)20(31)26-10-9-18-29-28-17-6-4-3-5-11-30(17)18/h7-8,12-13,19,27H,3-6,9-11H2,1-2H3,(H,26,31)/t19-/m0/s1. The van der Waals surface area contributed by atoms with Crippen LogP contribution in [0.15, 0.2) is 18.2 Å². The lowest BCUT2D eigenvalue weighted by atomic mass is 10.0. The molecule has 1 atom stereocenters. The smallest absolute Gasteiger partial charge is 0.372 e. The summed E-state index contributed by atoms with van der Waals surface area (Å²) in [5.74, 6) is 1.50. The van der Waals surface area contributed by atoms with Gasteiger partial charge in [-0.2, -0.15) is 13.2 Å². The molecule has 0 saturated carbocycles. The summed E-state index contributed by atoms with van der Waals surface area (Å²) in [4.78, 5) is 12.8. The molecule has 1 aromatic carbocycles. The summed E-state index contributed by atoms with van der Waals surface area (Å²) in [5, 5.41) is 14.3. The second kappa shape index (κ2) is 9.89. The van der Waals surface area contributed by atoms with Gasteiger partial charge in [0.1, 0.15) is 17.7 Å². The number of rotatable bonds is 7. The molecule has 2 heterocycles. The lowest BCUT2D eigenvalue weighted by Crippen LogP contribution is -2.43. The van der Waals surface area contributed by atoms with Gasteiger partial charge in [-0.1, -0.05) is 31.9 Å². The van der Waals surface area contributed by atoms with E-state index in [0.717, 1.165) is 49.6 Å². The monoisotopic (exact) mass is 457 g/mol. The Morgan fingerprint density at radius 3 is 2.68 bits per heavy atom. The first-order chi connectivity index (χ1) is 14.7. The van der Waals surface area contributed by atoms with Gasteiger partial charge < -0.3 is 15.2 Å². The highest BCUT2D eigenvalue weighted by atomic mass is 35.5. The number of carbonyl (C=O) groups excluding carboxylic acids is 1. The minimum Gasteiger partial charge on any atom is -0.372 e. The molecule has 3 rings (SSSR count). The summed E-state index contributed by atoms with van der Waals surface area (Å²) < 4.78 is 40.7.